The molecule has 1 amide bonds. The zero-order chi connectivity index (χ0) is 25.5. The third kappa shape index (κ3) is 3.98. The number of halogens is 1. The highest BCUT2D eigenvalue weighted by molar-refractivity contribution is 5.98. The van der Waals surface area contributed by atoms with E-state index in [1.165, 1.54) is 6.20 Å². The zero-order valence-corrected chi connectivity index (χ0v) is 20.0. The van der Waals surface area contributed by atoms with Gasteiger partial charge in [0.25, 0.3) is 0 Å². The van der Waals surface area contributed by atoms with E-state index < -0.39 is 5.82 Å². The van der Waals surface area contributed by atoms with Crippen LogP contribution >= 0.6 is 0 Å². The number of hydrogen-bond acceptors (Lipinski definition) is 6. The van der Waals surface area contributed by atoms with E-state index in [0.717, 1.165) is 11.1 Å². The number of aromatic amines is 2. The third-order valence-corrected chi connectivity index (χ3v) is 6.07. The first kappa shape index (κ1) is 22.5. The summed E-state index contributed by atoms with van der Waals surface area (Å²) in [7, 11) is 0. The summed E-state index contributed by atoms with van der Waals surface area (Å²) in [5.41, 5.74) is 5.10. The van der Waals surface area contributed by atoms with Gasteiger partial charge in [-0.2, -0.15) is 5.10 Å². The summed E-state index contributed by atoms with van der Waals surface area (Å²) < 4.78 is 16.0. The van der Waals surface area contributed by atoms with Crippen LogP contribution in [0.15, 0.2) is 67.4 Å². The number of rotatable bonds is 5. The normalized spacial score (nSPS) is 11.5. The SMILES string of the molecule is CC(C)C(=O)Nc1cncc(-c2ccc3[nH]nc(-c4nc5c(-c6cccnc6)nccc5[nH]4)c3c2F)c1. The van der Waals surface area contributed by atoms with Crippen LogP contribution in [-0.4, -0.2) is 41.0 Å². The molecule has 182 valence electrons. The average molecular weight is 493 g/mol. The van der Waals surface area contributed by atoms with Crippen molar-refractivity contribution in [1.29, 1.82) is 0 Å². The summed E-state index contributed by atoms with van der Waals surface area (Å²) in [5.74, 6) is -0.395. The molecule has 6 aromatic rings. The molecule has 9 nitrogen and oxygen atoms in total. The van der Waals surface area contributed by atoms with Crippen LogP contribution in [0.2, 0.25) is 0 Å². The van der Waals surface area contributed by atoms with Crippen LogP contribution in [0.1, 0.15) is 13.8 Å². The Bertz CT molecular complexity index is 1770. The smallest absolute Gasteiger partial charge is 0.226 e. The van der Waals surface area contributed by atoms with Crippen LogP contribution in [0.25, 0.3) is 55.8 Å². The van der Waals surface area contributed by atoms with E-state index in [4.69, 9.17) is 4.98 Å². The number of nitrogens with one attached hydrogen (secondary N) is 3. The molecule has 0 atom stereocenters. The van der Waals surface area contributed by atoms with E-state index in [1.807, 2.05) is 18.2 Å². The topological polar surface area (TPSA) is 125 Å². The van der Waals surface area contributed by atoms with Crippen molar-refractivity contribution in [2.45, 2.75) is 13.8 Å². The van der Waals surface area contributed by atoms with Crippen molar-refractivity contribution in [2.75, 3.05) is 5.32 Å². The van der Waals surface area contributed by atoms with Gasteiger partial charge in [-0.05, 0) is 36.4 Å². The standard InChI is InChI=1S/C27H21FN8O/c1-14(2)27(37)32-17-10-16(12-30-13-17)18-5-6-19-21(22(18)28)25(36-35-19)26-33-20-7-9-31-23(24(20)34-26)15-4-3-8-29-11-15/h3-14H,1-2H3,(H,32,37)(H,33,34)(H,35,36). The summed E-state index contributed by atoms with van der Waals surface area (Å²) in [5, 5.41) is 10.4. The fourth-order valence-corrected chi connectivity index (χ4v) is 4.17. The summed E-state index contributed by atoms with van der Waals surface area (Å²) in [6.45, 7) is 3.60. The van der Waals surface area contributed by atoms with Gasteiger partial charge in [0.15, 0.2) is 5.82 Å². The Morgan fingerprint density at radius 3 is 2.65 bits per heavy atom. The molecule has 0 spiro atoms. The molecule has 0 unspecified atom stereocenters. The summed E-state index contributed by atoms with van der Waals surface area (Å²) >= 11 is 0. The Labute approximate surface area is 210 Å². The molecular formula is C27H21FN8O. The highest BCUT2D eigenvalue weighted by Gasteiger charge is 2.21. The van der Waals surface area contributed by atoms with Crippen LogP contribution in [0, 0.1) is 11.7 Å². The van der Waals surface area contributed by atoms with E-state index in [9.17, 15) is 4.79 Å². The minimum atomic E-state index is -0.471. The van der Waals surface area contributed by atoms with Gasteiger partial charge in [-0.3, -0.25) is 24.8 Å². The first-order valence-electron chi connectivity index (χ1n) is 11.7. The minimum absolute atomic E-state index is 0.142. The fraction of sp³-hybridized carbons (Fsp3) is 0.111. The van der Waals surface area contributed by atoms with Crippen LogP contribution in [0.3, 0.4) is 0 Å². The number of anilines is 1. The maximum absolute atomic E-state index is 16.0. The maximum atomic E-state index is 16.0. The molecule has 0 bridgehead atoms. The lowest BCUT2D eigenvalue weighted by molar-refractivity contribution is -0.118. The van der Waals surface area contributed by atoms with Gasteiger partial charge in [0.2, 0.25) is 5.91 Å². The molecule has 0 aliphatic heterocycles. The van der Waals surface area contributed by atoms with Crippen molar-refractivity contribution in [1.82, 2.24) is 35.1 Å². The van der Waals surface area contributed by atoms with Gasteiger partial charge in [-0.25, -0.2) is 9.37 Å². The fourth-order valence-electron chi connectivity index (χ4n) is 4.17. The first-order chi connectivity index (χ1) is 18.0. The average Bonchev–Trinajstić information content (AvgIpc) is 3.54. The molecule has 5 aromatic heterocycles. The number of carbonyl (C=O) groups excluding carboxylic acids is 1. The number of amides is 1. The second kappa shape index (κ2) is 8.90. The first-order valence-corrected chi connectivity index (χ1v) is 11.7. The van der Waals surface area contributed by atoms with Crippen molar-refractivity contribution in [3.63, 3.8) is 0 Å². The van der Waals surface area contributed by atoms with Crippen LogP contribution < -0.4 is 5.32 Å². The summed E-state index contributed by atoms with van der Waals surface area (Å²) in [6, 6.07) is 10.7. The Hall–Kier alpha value is -4.99. The Morgan fingerprint density at radius 1 is 0.973 bits per heavy atom. The van der Waals surface area contributed by atoms with Gasteiger partial charge in [0, 0.05) is 47.4 Å². The van der Waals surface area contributed by atoms with Crippen LogP contribution in [0.4, 0.5) is 10.1 Å². The Morgan fingerprint density at radius 2 is 1.84 bits per heavy atom. The number of aromatic nitrogens is 7. The van der Waals surface area contributed by atoms with Gasteiger partial charge in [-0.1, -0.05) is 13.8 Å². The molecule has 3 N–H and O–H groups in total. The molecule has 1 aromatic carbocycles. The van der Waals surface area contributed by atoms with Gasteiger partial charge in [-0.15, -0.1) is 0 Å². The molecule has 0 aliphatic rings. The van der Waals surface area contributed by atoms with E-state index in [2.05, 4.69) is 35.5 Å². The monoisotopic (exact) mass is 492 g/mol. The Balaban J connectivity index is 1.45. The van der Waals surface area contributed by atoms with E-state index in [-0.39, 0.29) is 11.8 Å². The maximum Gasteiger partial charge on any atom is 0.226 e. The Kier molecular flexibility index (Phi) is 5.41. The van der Waals surface area contributed by atoms with Gasteiger partial charge in [0.1, 0.15) is 17.0 Å². The highest BCUT2D eigenvalue weighted by atomic mass is 19.1. The largest absolute Gasteiger partial charge is 0.336 e. The quantitative estimate of drug-likeness (QED) is 0.298. The highest BCUT2D eigenvalue weighted by Crippen LogP contribution is 2.35. The van der Waals surface area contributed by atoms with Crippen molar-refractivity contribution >= 4 is 33.5 Å². The summed E-state index contributed by atoms with van der Waals surface area (Å²) in [6.07, 6.45) is 8.19. The van der Waals surface area contributed by atoms with Gasteiger partial charge >= 0.3 is 0 Å². The summed E-state index contributed by atoms with van der Waals surface area (Å²) in [4.78, 5) is 32.9. The lowest BCUT2D eigenvalue weighted by atomic mass is 10.0. The van der Waals surface area contributed by atoms with E-state index in [1.54, 1.807) is 56.8 Å². The number of fused-ring (bicyclic) bond motifs is 2. The van der Waals surface area contributed by atoms with Crippen molar-refractivity contribution in [3.05, 3.63) is 73.2 Å². The molecule has 0 saturated carbocycles. The van der Waals surface area contributed by atoms with Crippen LogP contribution in [0.5, 0.6) is 0 Å². The van der Waals surface area contributed by atoms with Crippen molar-refractivity contribution in [3.8, 4) is 33.9 Å². The molecule has 6 rings (SSSR count). The molecule has 10 heteroatoms. The molecule has 37 heavy (non-hydrogen) atoms. The molecule has 0 radical (unpaired) electrons. The second-order valence-electron chi connectivity index (χ2n) is 8.91. The lowest BCUT2D eigenvalue weighted by Gasteiger charge is -2.10. The molecule has 0 fully saturated rings. The number of hydrogen-bond donors (Lipinski definition) is 3. The number of benzene rings is 1. The number of nitrogens with zero attached hydrogens (tertiary/aromatic N) is 5. The van der Waals surface area contributed by atoms with E-state index in [0.29, 0.717) is 50.4 Å². The number of H-pyrrole nitrogens is 2. The molecule has 0 aliphatic carbocycles. The number of carbonyl (C=O) groups is 1. The van der Waals surface area contributed by atoms with Crippen molar-refractivity contribution < 1.29 is 9.18 Å². The van der Waals surface area contributed by atoms with Crippen LogP contribution in [-0.2, 0) is 4.79 Å². The number of imidazole rings is 1. The number of pyridine rings is 3. The van der Waals surface area contributed by atoms with E-state index >= 15 is 4.39 Å². The van der Waals surface area contributed by atoms with Crippen molar-refractivity contribution in [2.24, 2.45) is 5.92 Å². The predicted molar refractivity (Wildman–Crippen MR) is 139 cm³/mol. The van der Waals surface area contributed by atoms with Gasteiger partial charge in [0.05, 0.1) is 34.0 Å². The molecule has 5 heterocycles. The minimum Gasteiger partial charge on any atom is -0.336 e. The van der Waals surface area contributed by atoms with Gasteiger partial charge < -0.3 is 10.3 Å². The predicted octanol–water partition coefficient (Wildman–Crippen LogP) is 5.36. The molecule has 0 saturated heterocycles. The third-order valence-electron chi connectivity index (χ3n) is 6.07. The second-order valence-corrected chi connectivity index (χ2v) is 8.91. The molecular weight excluding hydrogens is 471 g/mol. The lowest BCUT2D eigenvalue weighted by Crippen LogP contribution is -2.17. The zero-order valence-electron chi connectivity index (χ0n) is 20.0.